The Morgan fingerprint density at radius 1 is 1.13 bits per heavy atom. The molecule has 3 rings (SSSR count). The second kappa shape index (κ2) is 9.32. The number of carbonyl (C=O) groups excluding carboxylic acids is 3. The van der Waals surface area contributed by atoms with Gasteiger partial charge in [-0.1, -0.05) is 11.6 Å². The molecule has 7 nitrogen and oxygen atoms in total. The fraction of sp³-hybridized carbons (Fsp3) is 0.143. The van der Waals surface area contributed by atoms with Crippen LogP contribution >= 0.6 is 11.6 Å². The minimum atomic E-state index is -0.538. The number of halogens is 2. The minimum Gasteiger partial charge on any atom is -0.351 e. The van der Waals surface area contributed by atoms with Crippen LogP contribution in [-0.2, 0) is 11.8 Å². The number of rotatable bonds is 7. The molecular weight excluding hydrogens is 411 g/mol. The molecule has 30 heavy (non-hydrogen) atoms. The number of nitrogens with zero attached hydrogens (tertiary/aromatic N) is 2. The molecule has 0 saturated heterocycles. The summed E-state index contributed by atoms with van der Waals surface area (Å²) in [5.41, 5.74) is 1.10. The predicted molar refractivity (Wildman–Crippen MR) is 110 cm³/mol. The summed E-state index contributed by atoms with van der Waals surface area (Å²) in [6, 6.07) is 9.90. The number of ketones is 1. The Balaban J connectivity index is 1.49. The first kappa shape index (κ1) is 21.2. The van der Waals surface area contributed by atoms with E-state index in [0.717, 1.165) is 12.1 Å². The van der Waals surface area contributed by atoms with E-state index in [1.54, 1.807) is 48.3 Å². The van der Waals surface area contributed by atoms with Gasteiger partial charge in [-0.3, -0.25) is 14.4 Å². The average Bonchev–Trinajstić information content (AvgIpc) is 3.13. The maximum absolute atomic E-state index is 13.0. The van der Waals surface area contributed by atoms with Crippen molar-refractivity contribution in [3.63, 3.8) is 0 Å². The van der Waals surface area contributed by atoms with Crippen LogP contribution < -0.4 is 10.6 Å². The third-order valence-electron chi connectivity index (χ3n) is 4.27. The SMILES string of the molecule is Cn1ccnc1C(=O)c1ccc(NC(=O)CCNC(=O)c2ccc(F)cc2Cl)cc1. The van der Waals surface area contributed by atoms with Crippen molar-refractivity contribution >= 4 is 34.9 Å². The van der Waals surface area contributed by atoms with Crippen molar-refractivity contribution in [1.29, 1.82) is 0 Å². The van der Waals surface area contributed by atoms with Crippen LogP contribution in [-0.4, -0.2) is 33.7 Å². The summed E-state index contributed by atoms with van der Waals surface area (Å²) in [4.78, 5) is 40.5. The Labute approximate surface area is 176 Å². The molecule has 2 amide bonds. The third kappa shape index (κ3) is 5.09. The average molecular weight is 429 g/mol. The van der Waals surface area contributed by atoms with Crippen molar-refractivity contribution in [2.24, 2.45) is 7.05 Å². The second-order valence-corrected chi connectivity index (χ2v) is 6.85. The zero-order valence-electron chi connectivity index (χ0n) is 16.0. The number of carbonyl (C=O) groups is 3. The molecule has 0 aliphatic carbocycles. The van der Waals surface area contributed by atoms with Crippen molar-refractivity contribution in [1.82, 2.24) is 14.9 Å². The van der Waals surface area contributed by atoms with E-state index in [-0.39, 0.29) is 35.2 Å². The van der Waals surface area contributed by atoms with Gasteiger partial charge in [0, 0.05) is 43.7 Å². The first-order valence-corrected chi connectivity index (χ1v) is 9.38. The molecule has 0 spiro atoms. The lowest BCUT2D eigenvalue weighted by molar-refractivity contribution is -0.116. The summed E-state index contributed by atoms with van der Waals surface area (Å²) in [6.07, 6.45) is 3.26. The van der Waals surface area contributed by atoms with Crippen LogP contribution in [0.25, 0.3) is 0 Å². The van der Waals surface area contributed by atoms with E-state index < -0.39 is 11.7 Å². The first-order valence-electron chi connectivity index (χ1n) is 9.00. The number of hydrogen-bond donors (Lipinski definition) is 2. The number of benzene rings is 2. The Morgan fingerprint density at radius 3 is 2.50 bits per heavy atom. The van der Waals surface area contributed by atoms with E-state index in [0.29, 0.717) is 17.1 Å². The van der Waals surface area contributed by atoms with Crippen molar-refractivity contribution < 1.29 is 18.8 Å². The molecule has 0 fully saturated rings. The lowest BCUT2D eigenvalue weighted by Crippen LogP contribution is -2.27. The summed E-state index contributed by atoms with van der Waals surface area (Å²) in [5.74, 6) is -1.25. The zero-order valence-corrected chi connectivity index (χ0v) is 16.7. The van der Waals surface area contributed by atoms with Gasteiger partial charge >= 0.3 is 0 Å². The molecule has 0 saturated carbocycles. The molecule has 1 aromatic heterocycles. The van der Waals surface area contributed by atoms with Gasteiger partial charge in [0.25, 0.3) is 5.91 Å². The van der Waals surface area contributed by atoms with Gasteiger partial charge < -0.3 is 15.2 Å². The van der Waals surface area contributed by atoms with Gasteiger partial charge in [-0.2, -0.15) is 0 Å². The summed E-state index contributed by atoms with van der Waals surface area (Å²) < 4.78 is 14.7. The highest BCUT2D eigenvalue weighted by atomic mass is 35.5. The highest BCUT2D eigenvalue weighted by Crippen LogP contribution is 2.17. The maximum atomic E-state index is 13.0. The quantitative estimate of drug-likeness (QED) is 0.565. The van der Waals surface area contributed by atoms with E-state index in [1.165, 1.54) is 6.07 Å². The first-order chi connectivity index (χ1) is 14.3. The normalized spacial score (nSPS) is 10.5. The van der Waals surface area contributed by atoms with Crippen molar-refractivity contribution in [2.45, 2.75) is 6.42 Å². The number of amides is 2. The number of anilines is 1. The summed E-state index contributed by atoms with van der Waals surface area (Å²) in [6.45, 7) is 0.0775. The largest absolute Gasteiger partial charge is 0.351 e. The molecule has 154 valence electrons. The van der Waals surface area contributed by atoms with Gasteiger partial charge in [0.05, 0.1) is 10.6 Å². The Hall–Kier alpha value is -3.52. The number of aromatic nitrogens is 2. The minimum absolute atomic E-state index is 0.00266. The van der Waals surface area contributed by atoms with Crippen LogP contribution in [0, 0.1) is 5.82 Å². The van der Waals surface area contributed by atoms with Crippen LogP contribution in [0.5, 0.6) is 0 Å². The van der Waals surface area contributed by atoms with Gasteiger partial charge in [-0.25, -0.2) is 9.37 Å². The molecule has 3 aromatic rings. The van der Waals surface area contributed by atoms with Gasteiger partial charge in [0.1, 0.15) is 5.82 Å². The topological polar surface area (TPSA) is 93.1 Å². The molecule has 0 aliphatic rings. The molecule has 0 radical (unpaired) electrons. The van der Waals surface area contributed by atoms with Gasteiger partial charge in [-0.15, -0.1) is 0 Å². The van der Waals surface area contributed by atoms with E-state index in [4.69, 9.17) is 11.6 Å². The van der Waals surface area contributed by atoms with Crippen LogP contribution in [0.1, 0.15) is 33.0 Å². The summed E-state index contributed by atoms with van der Waals surface area (Å²) in [5, 5.41) is 5.25. The molecular formula is C21H18ClFN4O3. The highest BCUT2D eigenvalue weighted by molar-refractivity contribution is 6.33. The summed E-state index contributed by atoms with van der Waals surface area (Å²) in [7, 11) is 1.73. The predicted octanol–water partition coefficient (Wildman–Crippen LogP) is 3.20. The smallest absolute Gasteiger partial charge is 0.252 e. The molecule has 0 aliphatic heterocycles. The van der Waals surface area contributed by atoms with Crippen LogP contribution in [0.15, 0.2) is 54.9 Å². The van der Waals surface area contributed by atoms with E-state index >= 15 is 0 Å². The Kier molecular flexibility index (Phi) is 6.58. The standard InChI is InChI=1S/C21H18ClFN4O3/c1-27-11-10-24-20(27)19(29)13-2-5-15(6-3-13)26-18(28)8-9-25-21(30)16-7-4-14(23)12-17(16)22/h2-7,10-12H,8-9H2,1H3,(H,25,30)(H,26,28). The van der Waals surface area contributed by atoms with E-state index in [2.05, 4.69) is 15.6 Å². The second-order valence-electron chi connectivity index (χ2n) is 6.45. The van der Waals surface area contributed by atoms with Gasteiger partial charge in [0.2, 0.25) is 11.7 Å². The molecule has 1 heterocycles. The van der Waals surface area contributed by atoms with E-state index in [9.17, 15) is 18.8 Å². The van der Waals surface area contributed by atoms with Gasteiger partial charge in [-0.05, 0) is 42.5 Å². The fourth-order valence-electron chi connectivity index (χ4n) is 2.70. The van der Waals surface area contributed by atoms with Crippen molar-refractivity contribution in [2.75, 3.05) is 11.9 Å². The highest BCUT2D eigenvalue weighted by Gasteiger charge is 2.14. The molecule has 0 unspecified atom stereocenters. The monoisotopic (exact) mass is 428 g/mol. The number of hydrogen-bond acceptors (Lipinski definition) is 4. The number of imidazole rings is 1. The maximum Gasteiger partial charge on any atom is 0.252 e. The van der Waals surface area contributed by atoms with Crippen molar-refractivity contribution in [3.8, 4) is 0 Å². The lowest BCUT2D eigenvalue weighted by Gasteiger charge is -2.08. The van der Waals surface area contributed by atoms with Crippen LogP contribution in [0.3, 0.4) is 0 Å². The van der Waals surface area contributed by atoms with Gasteiger partial charge in [0.15, 0.2) is 5.82 Å². The van der Waals surface area contributed by atoms with Crippen molar-refractivity contribution in [3.05, 3.63) is 82.6 Å². The Morgan fingerprint density at radius 2 is 1.87 bits per heavy atom. The molecule has 2 N–H and O–H groups in total. The number of nitrogens with one attached hydrogen (secondary N) is 2. The molecule has 0 atom stereocenters. The zero-order chi connectivity index (χ0) is 21.7. The molecule has 9 heteroatoms. The Bertz CT molecular complexity index is 1100. The summed E-state index contributed by atoms with van der Waals surface area (Å²) >= 11 is 5.84. The van der Waals surface area contributed by atoms with Crippen LogP contribution in [0.4, 0.5) is 10.1 Å². The molecule has 0 bridgehead atoms. The third-order valence-corrected chi connectivity index (χ3v) is 4.58. The van der Waals surface area contributed by atoms with E-state index in [1.807, 2.05) is 0 Å². The lowest BCUT2D eigenvalue weighted by atomic mass is 10.1. The molecule has 2 aromatic carbocycles. The van der Waals surface area contributed by atoms with Crippen LogP contribution in [0.2, 0.25) is 5.02 Å². The fourth-order valence-corrected chi connectivity index (χ4v) is 2.95. The number of aryl methyl sites for hydroxylation is 1.